The molecule has 0 nitrogen and oxygen atoms in total. The lowest BCUT2D eigenvalue weighted by atomic mass is 29.2. The van der Waals surface area contributed by atoms with E-state index in [4.69, 9.17) is 0 Å². The molecule has 0 aromatic carbocycles. The standard InChI is InChI=1S/P4S3/c5-1-2-4(5)7-3(1)6-2. The van der Waals surface area contributed by atoms with Crippen LogP contribution in [-0.2, 0) is 0 Å². The van der Waals surface area contributed by atoms with Crippen LogP contribution < -0.4 is 0 Å². The van der Waals surface area contributed by atoms with Crippen LogP contribution in [0.25, 0.3) is 0 Å². The zero-order chi connectivity index (χ0) is 4.43. The number of rotatable bonds is 0. The first-order chi connectivity index (χ1) is 3.45. The van der Waals surface area contributed by atoms with Crippen molar-refractivity contribution < 1.29 is 0 Å². The van der Waals surface area contributed by atoms with Crippen molar-refractivity contribution in [3.05, 3.63) is 0 Å². The molecule has 0 aliphatic carbocycles. The Morgan fingerprint density at radius 2 is 1.29 bits per heavy atom. The zero-order valence-electron chi connectivity index (χ0n) is 3.01. The Hall–Kier alpha value is 1.86. The van der Waals surface area contributed by atoms with E-state index in [1.807, 2.05) is 0 Å². The average molecular weight is 220 g/mol. The Kier molecular flexibility index (Phi) is 0.863. The minimum Gasteiger partial charge on any atom is -0.0723 e. The van der Waals surface area contributed by atoms with Crippen molar-refractivity contribution in [3.8, 4) is 0 Å². The average Bonchev–Trinajstić information content (AvgIpc) is 2.14. The Labute approximate surface area is 54.0 Å². The van der Waals surface area contributed by atoms with Crippen LogP contribution in [0.15, 0.2) is 0 Å². The van der Waals surface area contributed by atoms with Gasteiger partial charge in [-0.2, -0.15) is 0 Å². The summed E-state index contributed by atoms with van der Waals surface area (Å²) in [5.74, 6) is 1.43. The van der Waals surface area contributed by atoms with Crippen molar-refractivity contribution in [2.75, 3.05) is 0 Å². The summed E-state index contributed by atoms with van der Waals surface area (Å²) in [7, 11) is 7.15. The van der Waals surface area contributed by atoms with Gasteiger partial charge in [-0.25, -0.2) is 0 Å². The second-order valence-corrected chi connectivity index (χ2v) is 33.1. The SMILES string of the molecule is s1p2sp3p1sp23. The molecule has 5 heterocycles. The molecular weight excluding hydrogens is 220 g/mol. The van der Waals surface area contributed by atoms with Crippen molar-refractivity contribution in [2.45, 2.75) is 0 Å². The van der Waals surface area contributed by atoms with Gasteiger partial charge in [-0.1, -0.05) is 31.6 Å². The van der Waals surface area contributed by atoms with Crippen LogP contribution in [-0.4, -0.2) is 0 Å². The minimum absolute atomic E-state index is 0.610. The molecule has 0 saturated heterocycles. The molecule has 0 saturated carbocycles. The maximum absolute atomic E-state index is 2.38. The Morgan fingerprint density at radius 3 is 1.43 bits per heavy atom. The lowest BCUT2D eigenvalue weighted by molar-refractivity contribution is 4.89. The van der Waals surface area contributed by atoms with E-state index < -0.39 is 0 Å². The van der Waals surface area contributed by atoms with Crippen molar-refractivity contribution >= 4 is 54.1 Å². The van der Waals surface area contributed by atoms with Gasteiger partial charge in [0.05, 0.1) is 10.7 Å². The largest absolute Gasteiger partial charge is 0.0723 e. The molecule has 5 rings (SSSR count). The first-order valence-electron chi connectivity index (χ1n) is 1.70. The van der Waals surface area contributed by atoms with Crippen molar-refractivity contribution in [1.29, 1.82) is 0 Å². The molecule has 0 amide bonds. The topological polar surface area (TPSA) is 0 Å². The monoisotopic (exact) mass is 220 g/mol. The highest BCUT2D eigenvalue weighted by Crippen LogP contribution is 2.95. The predicted octanol–water partition coefficient (Wildman–Crippen LogP) is 5.32. The Morgan fingerprint density at radius 1 is 0.714 bits per heavy atom. The van der Waals surface area contributed by atoms with E-state index in [0.29, 0.717) is 22.5 Å². The van der Waals surface area contributed by atoms with Gasteiger partial charge in [-0.3, -0.25) is 0 Å². The molecule has 0 aliphatic heterocycles. The van der Waals surface area contributed by atoms with E-state index in [0.717, 1.165) is 0 Å². The molecule has 38 valence electrons. The molecule has 0 fully saturated rings. The molecule has 0 radical (unpaired) electrons. The van der Waals surface area contributed by atoms with Crippen molar-refractivity contribution in [1.82, 2.24) is 0 Å². The molecule has 0 aliphatic rings. The Balaban J connectivity index is 3.19. The predicted molar refractivity (Wildman–Crippen MR) is 47.8 cm³/mol. The van der Waals surface area contributed by atoms with Gasteiger partial charge in [0.25, 0.3) is 0 Å². The van der Waals surface area contributed by atoms with Crippen LogP contribution in [0.1, 0.15) is 0 Å². The van der Waals surface area contributed by atoms with E-state index in [2.05, 4.69) is 31.6 Å². The Bertz CT molecular complexity index is 301. The first-order valence-corrected chi connectivity index (χ1v) is 15.3. The number of hydrogen-bond acceptors (Lipinski definition) is 3. The summed E-state index contributed by atoms with van der Waals surface area (Å²) in [4.78, 5) is 0. The first kappa shape index (κ1) is 4.64. The molecule has 5 aromatic rings. The van der Waals surface area contributed by atoms with Gasteiger partial charge in [0.1, 0.15) is 0 Å². The summed E-state index contributed by atoms with van der Waals surface area (Å²) < 4.78 is 0. The molecule has 4 unspecified atom stereocenters. The van der Waals surface area contributed by atoms with Crippen molar-refractivity contribution in [3.63, 3.8) is 0 Å². The smallest absolute Gasteiger partial charge is 0.0610 e. The maximum atomic E-state index is 2.38. The fourth-order valence-electron chi connectivity index (χ4n) is 0.532. The zero-order valence-corrected chi connectivity index (χ0v) is 9.04. The van der Waals surface area contributed by atoms with Gasteiger partial charge in [0.15, 0.2) is 0 Å². The van der Waals surface area contributed by atoms with Gasteiger partial charge in [0, 0.05) is 11.7 Å². The lowest BCUT2D eigenvalue weighted by Gasteiger charge is -1.95. The van der Waals surface area contributed by atoms with Crippen LogP contribution >= 0.6 is 54.1 Å². The highest BCUT2D eigenvalue weighted by molar-refractivity contribution is 9.02. The highest BCUT2D eigenvalue weighted by Gasteiger charge is 2.18. The summed E-state index contributed by atoms with van der Waals surface area (Å²) in [6.07, 6.45) is 0. The highest BCUT2D eigenvalue weighted by atomic mass is 33.6. The van der Waals surface area contributed by atoms with E-state index >= 15 is 0 Å². The van der Waals surface area contributed by atoms with Gasteiger partial charge in [0.2, 0.25) is 0 Å². The van der Waals surface area contributed by atoms with Crippen molar-refractivity contribution in [2.24, 2.45) is 0 Å². The molecule has 4 atom stereocenters. The van der Waals surface area contributed by atoms with E-state index in [1.54, 1.807) is 0 Å². The summed E-state index contributed by atoms with van der Waals surface area (Å²) in [6, 6.07) is 0. The van der Waals surface area contributed by atoms with Crippen LogP contribution in [0.3, 0.4) is 0 Å². The third-order valence-electron chi connectivity index (χ3n) is 0.851. The molecule has 4 bridgehead atoms. The van der Waals surface area contributed by atoms with Gasteiger partial charge >= 0.3 is 0 Å². The second kappa shape index (κ2) is 1.30. The molecule has 7 heteroatoms. The fraction of sp³-hybridized carbons (Fsp3) is 0. The minimum atomic E-state index is 0.610. The molecule has 0 N–H and O–H groups in total. The van der Waals surface area contributed by atoms with Crippen LogP contribution in [0.4, 0.5) is 0 Å². The molecular formula is P4S3. The summed E-state index contributed by atoms with van der Waals surface area (Å²) in [5, 5.41) is 1.22. The quantitative estimate of drug-likeness (QED) is 0.481. The normalized spacial score (nSPS) is 24.0. The summed E-state index contributed by atoms with van der Waals surface area (Å²) >= 11 is 0. The fourth-order valence-corrected chi connectivity index (χ4v) is 117. The summed E-state index contributed by atoms with van der Waals surface area (Å²) in [5.41, 5.74) is 0. The van der Waals surface area contributed by atoms with Gasteiger partial charge in [-0.05, 0) is 0 Å². The third-order valence-corrected chi connectivity index (χ3v) is 68.9. The van der Waals surface area contributed by atoms with Gasteiger partial charge in [-0.15, -0.1) is 0 Å². The second-order valence-electron chi connectivity index (χ2n) is 1.23. The van der Waals surface area contributed by atoms with E-state index in [-0.39, 0.29) is 0 Å². The third kappa shape index (κ3) is 0.404. The van der Waals surface area contributed by atoms with E-state index in [1.165, 1.54) is 0 Å². The van der Waals surface area contributed by atoms with E-state index in [9.17, 15) is 0 Å². The van der Waals surface area contributed by atoms with Crippen LogP contribution in [0.2, 0.25) is 0 Å². The van der Waals surface area contributed by atoms with Crippen LogP contribution in [0, 0.1) is 0 Å². The summed E-state index contributed by atoms with van der Waals surface area (Å²) in [6.45, 7) is 0. The molecule has 7 heavy (non-hydrogen) atoms. The lowest BCUT2D eigenvalue weighted by Crippen LogP contribution is -1.17. The molecule has 0 spiro atoms. The van der Waals surface area contributed by atoms with Crippen LogP contribution in [0.5, 0.6) is 0 Å². The number of hydrogen-bond donors (Lipinski definition) is 0. The maximum Gasteiger partial charge on any atom is 0.0610 e. The molecule has 5 aromatic heterocycles. The van der Waals surface area contributed by atoms with Gasteiger partial charge < -0.3 is 0 Å².